The molecular weight excluding hydrogens is 281 g/mol. The van der Waals surface area contributed by atoms with Crippen molar-refractivity contribution in [2.45, 2.75) is 19.2 Å². The van der Waals surface area contributed by atoms with Crippen molar-refractivity contribution in [3.8, 4) is 16.9 Å². The third kappa shape index (κ3) is 4.63. The molecule has 21 heavy (non-hydrogen) atoms. The molecule has 110 valence electrons. The molecule has 0 unspecified atom stereocenters. The van der Waals surface area contributed by atoms with E-state index in [0.717, 1.165) is 23.0 Å². The lowest BCUT2D eigenvalue weighted by atomic mass is 10.0. The summed E-state index contributed by atoms with van der Waals surface area (Å²) in [6.07, 6.45) is -2.74. The van der Waals surface area contributed by atoms with E-state index in [2.05, 4.69) is 4.74 Å². The number of alkyl halides is 3. The minimum Gasteiger partial charge on any atom is -0.406 e. The summed E-state index contributed by atoms with van der Waals surface area (Å²) in [5, 5.41) is 0. The van der Waals surface area contributed by atoms with Gasteiger partial charge in [0.05, 0.1) is 0 Å². The van der Waals surface area contributed by atoms with Gasteiger partial charge in [-0.1, -0.05) is 36.4 Å². The molecule has 2 aromatic rings. The predicted octanol–water partition coefficient (Wildman–Crippen LogP) is 4.38. The van der Waals surface area contributed by atoms with Gasteiger partial charge in [-0.3, -0.25) is 0 Å². The van der Waals surface area contributed by atoms with Crippen LogP contribution in [0.15, 0.2) is 48.5 Å². The van der Waals surface area contributed by atoms with E-state index < -0.39 is 6.36 Å². The van der Waals surface area contributed by atoms with Crippen LogP contribution in [0.4, 0.5) is 13.2 Å². The Bertz CT molecular complexity index is 604. The van der Waals surface area contributed by atoms with E-state index >= 15 is 0 Å². The number of carbonyl (C=O) groups excluding carboxylic acids is 1. The second kappa shape index (κ2) is 6.43. The molecule has 0 radical (unpaired) electrons. The highest BCUT2D eigenvalue weighted by atomic mass is 19.4. The number of aryl methyl sites for hydroxylation is 1. The Hall–Kier alpha value is -2.30. The lowest BCUT2D eigenvalue weighted by Gasteiger charge is -2.10. The Morgan fingerprint density at radius 3 is 2.33 bits per heavy atom. The van der Waals surface area contributed by atoms with Gasteiger partial charge in [0.25, 0.3) is 0 Å². The lowest BCUT2D eigenvalue weighted by Crippen LogP contribution is -2.16. The fourth-order valence-corrected chi connectivity index (χ4v) is 1.98. The van der Waals surface area contributed by atoms with E-state index in [-0.39, 0.29) is 5.75 Å². The largest absolute Gasteiger partial charge is 0.573 e. The zero-order chi connectivity index (χ0) is 15.3. The molecule has 0 N–H and O–H groups in total. The fraction of sp³-hybridized carbons (Fsp3) is 0.188. The molecule has 0 aliphatic carbocycles. The molecule has 0 saturated carbocycles. The van der Waals surface area contributed by atoms with Crippen molar-refractivity contribution in [2.75, 3.05) is 0 Å². The molecule has 0 atom stereocenters. The fourth-order valence-electron chi connectivity index (χ4n) is 1.98. The first-order valence-electron chi connectivity index (χ1n) is 6.37. The van der Waals surface area contributed by atoms with Gasteiger partial charge in [0.2, 0.25) is 0 Å². The summed E-state index contributed by atoms with van der Waals surface area (Å²) in [5.41, 5.74) is 2.68. The molecule has 0 aliphatic rings. The number of rotatable bonds is 5. The van der Waals surface area contributed by atoms with Crippen molar-refractivity contribution < 1.29 is 22.7 Å². The van der Waals surface area contributed by atoms with Crippen LogP contribution in [0.5, 0.6) is 5.75 Å². The van der Waals surface area contributed by atoms with Crippen LogP contribution in [-0.2, 0) is 11.2 Å². The van der Waals surface area contributed by atoms with E-state index in [1.165, 1.54) is 12.1 Å². The minimum absolute atomic E-state index is 0.247. The molecule has 0 spiro atoms. The minimum atomic E-state index is -4.68. The Kier molecular flexibility index (Phi) is 4.62. The number of carbonyl (C=O) groups is 1. The van der Waals surface area contributed by atoms with E-state index in [1.54, 1.807) is 12.1 Å². The summed E-state index contributed by atoms with van der Waals surface area (Å²) in [4.78, 5) is 10.4. The van der Waals surface area contributed by atoms with E-state index in [1.807, 2.05) is 24.3 Å². The summed E-state index contributed by atoms with van der Waals surface area (Å²) in [7, 11) is 0. The van der Waals surface area contributed by atoms with Crippen LogP contribution in [0.25, 0.3) is 11.1 Å². The quantitative estimate of drug-likeness (QED) is 0.765. The Morgan fingerprint density at radius 1 is 1.00 bits per heavy atom. The van der Waals surface area contributed by atoms with Crippen LogP contribution >= 0.6 is 0 Å². The van der Waals surface area contributed by atoms with Gasteiger partial charge in [-0.2, -0.15) is 0 Å². The number of hydrogen-bond acceptors (Lipinski definition) is 2. The van der Waals surface area contributed by atoms with E-state index in [4.69, 9.17) is 0 Å². The Labute approximate surface area is 120 Å². The van der Waals surface area contributed by atoms with Gasteiger partial charge in [0.15, 0.2) is 0 Å². The molecule has 5 heteroatoms. The lowest BCUT2D eigenvalue weighted by molar-refractivity contribution is -0.274. The molecule has 2 rings (SSSR count). The molecule has 2 aromatic carbocycles. The summed E-state index contributed by atoms with van der Waals surface area (Å²) >= 11 is 0. The maximum atomic E-state index is 12.1. The number of halogens is 3. The van der Waals surface area contributed by atoms with Crippen LogP contribution in [0.2, 0.25) is 0 Å². The van der Waals surface area contributed by atoms with Crippen molar-refractivity contribution >= 4 is 6.29 Å². The van der Waals surface area contributed by atoms with Crippen LogP contribution in [0.3, 0.4) is 0 Å². The first kappa shape index (κ1) is 15.1. The normalized spacial score (nSPS) is 11.2. The SMILES string of the molecule is O=CCCc1cccc(-c2ccc(OC(F)(F)F)cc2)c1. The zero-order valence-electron chi connectivity index (χ0n) is 11.1. The zero-order valence-corrected chi connectivity index (χ0v) is 11.1. The topological polar surface area (TPSA) is 26.3 Å². The average Bonchev–Trinajstić information content (AvgIpc) is 2.44. The number of aldehydes is 1. The standard InChI is InChI=1S/C16H13F3O2/c17-16(18,19)21-15-8-6-13(7-9-15)14-5-1-3-12(11-14)4-2-10-20/h1,3,5-11H,2,4H2. The first-order valence-corrected chi connectivity index (χ1v) is 6.37. The summed E-state index contributed by atoms with van der Waals surface area (Å²) < 4.78 is 40.1. The number of ether oxygens (including phenoxy) is 1. The molecule has 0 heterocycles. The van der Waals surface area contributed by atoms with Gasteiger partial charge < -0.3 is 9.53 Å². The van der Waals surface area contributed by atoms with E-state index in [9.17, 15) is 18.0 Å². The van der Waals surface area contributed by atoms with Crippen molar-refractivity contribution in [3.63, 3.8) is 0 Å². The first-order chi connectivity index (χ1) is 9.98. The highest BCUT2D eigenvalue weighted by molar-refractivity contribution is 5.65. The van der Waals surface area contributed by atoms with Crippen molar-refractivity contribution in [2.24, 2.45) is 0 Å². The molecule has 0 amide bonds. The van der Waals surface area contributed by atoms with Gasteiger partial charge in [-0.25, -0.2) is 0 Å². The van der Waals surface area contributed by atoms with Crippen LogP contribution in [0.1, 0.15) is 12.0 Å². The third-order valence-electron chi connectivity index (χ3n) is 2.90. The van der Waals surface area contributed by atoms with E-state index in [0.29, 0.717) is 12.8 Å². The molecule has 2 nitrogen and oxygen atoms in total. The van der Waals surface area contributed by atoms with Crippen LogP contribution in [-0.4, -0.2) is 12.6 Å². The summed E-state index contributed by atoms with van der Waals surface area (Å²) in [6.45, 7) is 0. The molecule has 0 saturated heterocycles. The Morgan fingerprint density at radius 2 is 1.71 bits per heavy atom. The third-order valence-corrected chi connectivity index (χ3v) is 2.90. The number of hydrogen-bond donors (Lipinski definition) is 0. The highest BCUT2D eigenvalue weighted by Gasteiger charge is 2.30. The molecule has 0 fully saturated rings. The predicted molar refractivity (Wildman–Crippen MR) is 72.9 cm³/mol. The van der Waals surface area contributed by atoms with Gasteiger partial charge >= 0.3 is 6.36 Å². The molecular formula is C16H13F3O2. The van der Waals surface area contributed by atoms with Gasteiger partial charge in [-0.15, -0.1) is 13.2 Å². The maximum Gasteiger partial charge on any atom is 0.573 e. The molecule has 0 bridgehead atoms. The van der Waals surface area contributed by atoms with Crippen LogP contribution < -0.4 is 4.74 Å². The van der Waals surface area contributed by atoms with Crippen molar-refractivity contribution in [1.82, 2.24) is 0 Å². The maximum absolute atomic E-state index is 12.1. The summed E-state index contributed by atoms with van der Waals surface area (Å²) in [6, 6.07) is 13.2. The Balaban J connectivity index is 2.16. The monoisotopic (exact) mass is 294 g/mol. The molecule has 0 aromatic heterocycles. The number of benzene rings is 2. The highest BCUT2D eigenvalue weighted by Crippen LogP contribution is 2.27. The second-order valence-corrected chi connectivity index (χ2v) is 4.48. The van der Waals surface area contributed by atoms with Gasteiger partial charge in [0.1, 0.15) is 12.0 Å². The van der Waals surface area contributed by atoms with Crippen molar-refractivity contribution in [3.05, 3.63) is 54.1 Å². The van der Waals surface area contributed by atoms with Gasteiger partial charge in [-0.05, 0) is 35.2 Å². The second-order valence-electron chi connectivity index (χ2n) is 4.48. The van der Waals surface area contributed by atoms with Crippen molar-refractivity contribution in [1.29, 1.82) is 0 Å². The molecule has 0 aliphatic heterocycles. The van der Waals surface area contributed by atoms with Crippen LogP contribution in [0, 0.1) is 0 Å². The summed E-state index contributed by atoms with van der Waals surface area (Å²) in [5.74, 6) is -0.247. The smallest absolute Gasteiger partial charge is 0.406 e. The average molecular weight is 294 g/mol. The van der Waals surface area contributed by atoms with Gasteiger partial charge in [0, 0.05) is 6.42 Å².